The number of hydrogen-bond donors (Lipinski definition) is 0. The van der Waals surface area contributed by atoms with Gasteiger partial charge in [0.1, 0.15) is 0 Å². The standard InChI is InChI=1S/C13H27/c1-4-7-10-13(11-8-5-2)12-9-6-3/h4,13H,5-12H2,1-3H3. The maximum absolute atomic E-state index is 2.31. The van der Waals surface area contributed by atoms with Gasteiger partial charge in [0.05, 0.1) is 0 Å². The van der Waals surface area contributed by atoms with Gasteiger partial charge >= 0.3 is 0 Å². The highest BCUT2D eigenvalue weighted by molar-refractivity contribution is 4.64. The second kappa shape index (κ2) is 10.1. The average molecular weight is 183 g/mol. The lowest BCUT2D eigenvalue weighted by Gasteiger charge is -2.15. The summed E-state index contributed by atoms with van der Waals surface area (Å²) < 4.78 is 0. The maximum atomic E-state index is 2.31. The number of rotatable bonds is 9. The molecule has 0 saturated heterocycles. The molecule has 0 amide bonds. The molecule has 1 radical (unpaired) electrons. The fourth-order valence-electron chi connectivity index (χ4n) is 1.82. The van der Waals surface area contributed by atoms with Gasteiger partial charge in [-0.3, -0.25) is 0 Å². The Kier molecular flexibility index (Phi) is 10.1. The summed E-state index contributed by atoms with van der Waals surface area (Å²) in [6, 6.07) is 0. The predicted molar refractivity (Wildman–Crippen MR) is 61.7 cm³/mol. The van der Waals surface area contributed by atoms with Crippen LogP contribution in [0.3, 0.4) is 0 Å². The Bertz CT molecular complexity index is 67.0. The van der Waals surface area contributed by atoms with Crippen LogP contribution in [0.25, 0.3) is 0 Å². The summed E-state index contributed by atoms with van der Waals surface area (Å²) in [4.78, 5) is 0. The van der Waals surface area contributed by atoms with E-state index in [1.807, 2.05) is 0 Å². The van der Waals surface area contributed by atoms with Crippen molar-refractivity contribution in [1.29, 1.82) is 0 Å². The van der Waals surface area contributed by atoms with E-state index in [9.17, 15) is 0 Å². The van der Waals surface area contributed by atoms with Gasteiger partial charge in [-0.15, -0.1) is 0 Å². The quantitative estimate of drug-likeness (QED) is 0.472. The molecule has 0 aliphatic rings. The Morgan fingerprint density at radius 3 is 1.85 bits per heavy atom. The first-order valence-corrected chi connectivity index (χ1v) is 6.12. The fourth-order valence-corrected chi connectivity index (χ4v) is 1.82. The molecule has 0 atom stereocenters. The normalized spacial score (nSPS) is 11.1. The summed E-state index contributed by atoms with van der Waals surface area (Å²) in [7, 11) is 0. The molecule has 0 N–H and O–H groups in total. The SMILES string of the molecule is C[CH]CCC(CCCC)CCCC. The van der Waals surface area contributed by atoms with E-state index >= 15 is 0 Å². The molecule has 0 aliphatic heterocycles. The minimum Gasteiger partial charge on any atom is -0.0654 e. The van der Waals surface area contributed by atoms with Crippen LogP contribution >= 0.6 is 0 Å². The van der Waals surface area contributed by atoms with Crippen LogP contribution in [-0.2, 0) is 0 Å². The summed E-state index contributed by atoms with van der Waals surface area (Å²) in [6.07, 6.45) is 13.6. The van der Waals surface area contributed by atoms with E-state index in [0.717, 1.165) is 5.92 Å². The lowest BCUT2D eigenvalue weighted by Crippen LogP contribution is -2.00. The Morgan fingerprint density at radius 2 is 1.46 bits per heavy atom. The lowest BCUT2D eigenvalue weighted by atomic mass is 9.91. The third-order valence-electron chi connectivity index (χ3n) is 2.80. The number of unbranched alkanes of at least 4 members (excludes halogenated alkanes) is 3. The third-order valence-corrected chi connectivity index (χ3v) is 2.80. The molecule has 0 bridgehead atoms. The Morgan fingerprint density at radius 1 is 0.923 bits per heavy atom. The molecule has 0 fully saturated rings. The zero-order valence-electron chi connectivity index (χ0n) is 9.81. The van der Waals surface area contributed by atoms with Crippen molar-refractivity contribution in [3.63, 3.8) is 0 Å². The third kappa shape index (κ3) is 8.33. The fraction of sp³-hybridized carbons (Fsp3) is 0.923. The number of hydrogen-bond acceptors (Lipinski definition) is 0. The largest absolute Gasteiger partial charge is 0.0654 e. The molecular weight excluding hydrogens is 156 g/mol. The van der Waals surface area contributed by atoms with E-state index in [2.05, 4.69) is 27.2 Å². The molecular formula is C13H27. The molecule has 0 aromatic carbocycles. The molecule has 0 aromatic heterocycles. The van der Waals surface area contributed by atoms with Crippen molar-refractivity contribution in [3.05, 3.63) is 6.42 Å². The highest BCUT2D eigenvalue weighted by atomic mass is 14.1. The van der Waals surface area contributed by atoms with Crippen LogP contribution in [0.5, 0.6) is 0 Å². The summed E-state index contributed by atoms with van der Waals surface area (Å²) in [5.74, 6) is 1.01. The molecule has 0 spiro atoms. The summed E-state index contributed by atoms with van der Waals surface area (Å²) in [6.45, 7) is 6.77. The van der Waals surface area contributed by atoms with Crippen LogP contribution < -0.4 is 0 Å². The molecule has 79 valence electrons. The van der Waals surface area contributed by atoms with Gasteiger partial charge in [-0.1, -0.05) is 72.1 Å². The van der Waals surface area contributed by atoms with Crippen LogP contribution in [0.4, 0.5) is 0 Å². The van der Waals surface area contributed by atoms with E-state index < -0.39 is 0 Å². The monoisotopic (exact) mass is 183 g/mol. The molecule has 0 saturated carbocycles. The molecule has 0 heterocycles. The van der Waals surface area contributed by atoms with Gasteiger partial charge in [0, 0.05) is 0 Å². The van der Waals surface area contributed by atoms with Crippen molar-refractivity contribution in [2.45, 2.75) is 72.1 Å². The zero-order valence-corrected chi connectivity index (χ0v) is 9.81. The van der Waals surface area contributed by atoms with Crippen molar-refractivity contribution in [2.24, 2.45) is 5.92 Å². The lowest BCUT2D eigenvalue weighted by molar-refractivity contribution is 0.393. The first-order chi connectivity index (χ1) is 6.35. The van der Waals surface area contributed by atoms with Gasteiger partial charge in [0.2, 0.25) is 0 Å². The molecule has 0 aliphatic carbocycles. The average Bonchev–Trinajstić information content (AvgIpc) is 2.17. The summed E-state index contributed by atoms with van der Waals surface area (Å²) in [5, 5.41) is 0. The topological polar surface area (TPSA) is 0 Å². The van der Waals surface area contributed by atoms with Crippen molar-refractivity contribution < 1.29 is 0 Å². The Balaban J connectivity index is 3.47. The van der Waals surface area contributed by atoms with E-state index in [0.29, 0.717) is 0 Å². The summed E-state index contributed by atoms with van der Waals surface area (Å²) >= 11 is 0. The molecule has 0 heteroatoms. The van der Waals surface area contributed by atoms with Gasteiger partial charge in [-0.05, 0) is 12.3 Å². The maximum Gasteiger partial charge on any atom is -0.0414 e. The molecule has 0 unspecified atom stereocenters. The van der Waals surface area contributed by atoms with E-state index in [-0.39, 0.29) is 0 Å². The van der Waals surface area contributed by atoms with Crippen molar-refractivity contribution in [2.75, 3.05) is 0 Å². The second-order valence-corrected chi connectivity index (χ2v) is 4.14. The van der Waals surface area contributed by atoms with Gasteiger partial charge in [0.15, 0.2) is 0 Å². The Hall–Kier alpha value is 0. The summed E-state index contributed by atoms with van der Waals surface area (Å²) in [5.41, 5.74) is 0. The van der Waals surface area contributed by atoms with E-state index in [1.165, 1.54) is 51.4 Å². The smallest absolute Gasteiger partial charge is 0.0414 e. The van der Waals surface area contributed by atoms with Crippen LogP contribution in [0, 0.1) is 12.3 Å². The zero-order chi connectivity index (χ0) is 9.94. The van der Waals surface area contributed by atoms with Crippen LogP contribution in [0.2, 0.25) is 0 Å². The van der Waals surface area contributed by atoms with Crippen molar-refractivity contribution in [1.82, 2.24) is 0 Å². The van der Waals surface area contributed by atoms with Gasteiger partial charge in [-0.2, -0.15) is 0 Å². The minimum atomic E-state index is 1.01. The highest BCUT2D eigenvalue weighted by Crippen LogP contribution is 2.21. The van der Waals surface area contributed by atoms with Crippen LogP contribution in [-0.4, -0.2) is 0 Å². The van der Waals surface area contributed by atoms with Gasteiger partial charge in [-0.25, -0.2) is 0 Å². The van der Waals surface area contributed by atoms with Crippen molar-refractivity contribution in [3.8, 4) is 0 Å². The van der Waals surface area contributed by atoms with Crippen LogP contribution in [0.1, 0.15) is 72.1 Å². The van der Waals surface area contributed by atoms with E-state index in [1.54, 1.807) is 0 Å². The second-order valence-electron chi connectivity index (χ2n) is 4.14. The first kappa shape index (κ1) is 13.0. The van der Waals surface area contributed by atoms with E-state index in [4.69, 9.17) is 0 Å². The van der Waals surface area contributed by atoms with Crippen LogP contribution in [0.15, 0.2) is 0 Å². The molecule has 13 heavy (non-hydrogen) atoms. The van der Waals surface area contributed by atoms with Gasteiger partial charge in [0.25, 0.3) is 0 Å². The highest BCUT2D eigenvalue weighted by Gasteiger charge is 2.06. The molecule has 0 aromatic rings. The molecule has 0 rings (SSSR count). The Labute approximate surface area is 85.1 Å². The first-order valence-electron chi connectivity index (χ1n) is 6.12. The predicted octanol–water partition coefficient (Wildman–Crippen LogP) is 4.99. The molecule has 0 nitrogen and oxygen atoms in total. The van der Waals surface area contributed by atoms with Crippen molar-refractivity contribution >= 4 is 0 Å². The van der Waals surface area contributed by atoms with Gasteiger partial charge < -0.3 is 0 Å². The minimum absolute atomic E-state index is 1.01.